The molecule has 0 aromatic carbocycles. The molecule has 1 unspecified atom stereocenters. The monoisotopic (exact) mass is 188 g/mol. The third kappa shape index (κ3) is 6.58. The topological polar surface area (TPSA) is 57.5 Å². The van der Waals surface area contributed by atoms with Crippen LogP contribution in [0.4, 0.5) is 0 Å². The van der Waals surface area contributed by atoms with Gasteiger partial charge in [-0.25, -0.2) is 0 Å². The van der Waals surface area contributed by atoms with E-state index in [-0.39, 0.29) is 12.5 Å². The summed E-state index contributed by atoms with van der Waals surface area (Å²) < 4.78 is 0. The molecule has 0 aromatic heterocycles. The molecular formula is C10H20O3. The molecule has 0 spiro atoms. The van der Waals surface area contributed by atoms with E-state index in [2.05, 4.69) is 6.92 Å². The fourth-order valence-electron chi connectivity index (χ4n) is 1.34. The molecule has 0 aliphatic heterocycles. The first kappa shape index (κ1) is 12.4. The Morgan fingerprint density at radius 3 is 2.31 bits per heavy atom. The molecular weight excluding hydrogens is 168 g/mol. The third-order valence-corrected chi connectivity index (χ3v) is 2.22. The molecule has 0 amide bonds. The van der Waals surface area contributed by atoms with E-state index in [0.29, 0.717) is 6.42 Å². The predicted octanol–water partition coefficient (Wildman–Crippen LogP) is 2.04. The second-order valence-electron chi connectivity index (χ2n) is 3.40. The lowest BCUT2D eigenvalue weighted by molar-refractivity contribution is -0.142. The van der Waals surface area contributed by atoms with Crippen LogP contribution in [0.5, 0.6) is 0 Å². The van der Waals surface area contributed by atoms with Crippen LogP contribution in [0, 0.1) is 5.92 Å². The number of carboxylic acid groups (broad SMARTS) is 1. The molecule has 3 heteroatoms. The van der Waals surface area contributed by atoms with Crippen molar-refractivity contribution in [1.82, 2.24) is 0 Å². The molecule has 2 N–H and O–H groups in total. The third-order valence-electron chi connectivity index (χ3n) is 2.22. The van der Waals surface area contributed by atoms with Crippen LogP contribution >= 0.6 is 0 Å². The molecule has 0 aliphatic carbocycles. The Balaban J connectivity index is 3.61. The van der Waals surface area contributed by atoms with Crippen LogP contribution in [0.25, 0.3) is 0 Å². The van der Waals surface area contributed by atoms with E-state index in [0.717, 1.165) is 32.1 Å². The summed E-state index contributed by atoms with van der Waals surface area (Å²) >= 11 is 0. The summed E-state index contributed by atoms with van der Waals surface area (Å²) in [7, 11) is 0. The van der Waals surface area contributed by atoms with Crippen LogP contribution in [0.15, 0.2) is 0 Å². The van der Waals surface area contributed by atoms with E-state index in [9.17, 15) is 4.79 Å². The fraction of sp³-hybridized carbons (Fsp3) is 0.900. The molecule has 3 nitrogen and oxygen atoms in total. The summed E-state index contributed by atoms with van der Waals surface area (Å²) in [6.07, 6.45) is 5.04. The second kappa shape index (κ2) is 8.05. The first-order chi connectivity index (χ1) is 6.22. The van der Waals surface area contributed by atoms with E-state index >= 15 is 0 Å². The van der Waals surface area contributed by atoms with Crippen LogP contribution in [0.2, 0.25) is 0 Å². The number of aliphatic carboxylic acids is 1. The number of hydrogen-bond donors (Lipinski definition) is 2. The number of carbonyl (C=O) groups is 1. The maximum absolute atomic E-state index is 10.7. The maximum Gasteiger partial charge on any atom is 0.306 e. The quantitative estimate of drug-likeness (QED) is 0.573. The van der Waals surface area contributed by atoms with E-state index in [1.807, 2.05) is 0 Å². The summed E-state index contributed by atoms with van der Waals surface area (Å²) in [4.78, 5) is 10.7. The summed E-state index contributed by atoms with van der Waals surface area (Å²) in [5, 5.41) is 17.4. The molecule has 0 aliphatic rings. The number of hydrogen-bond acceptors (Lipinski definition) is 2. The molecule has 0 bridgehead atoms. The summed E-state index contributed by atoms with van der Waals surface area (Å²) in [5.74, 6) is -0.891. The first-order valence-electron chi connectivity index (χ1n) is 5.06. The largest absolute Gasteiger partial charge is 0.481 e. The van der Waals surface area contributed by atoms with Gasteiger partial charge in [-0.05, 0) is 19.3 Å². The van der Waals surface area contributed by atoms with Gasteiger partial charge in [-0.2, -0.15) is 0 Å². The van der Waals surface area contributed by atoms with Crippen molar-refractivity contribution in [3.8, 4) is 0 Å². The van der Waals surface area contributed by atoms with Crippen LogP contribution in [0.3, 0.4) is 0 Å². The molecule has 0 saturated carbocycles. The van der Waals surface area contributed by atoms with Gasteiger partial charge in [-0.3, -0.25) is 4.79 Å². The SMILES string of the molecule is CCCCC(CCCCO)C(=O)O. The molecule has 0 fully saturated rings. The number of rotatable bonds is 8. The summed E-state index contributed by atoms with van der Waals surface area (Å²) in [6.45, 7) is 2.23. The Morgan fingerprint density at radius 2 is 1.85 bits per heavy atom. The fourth-order valence-corrected chi connectivity index (χ4v) is 1.34. The Labute approximate surface area is 79.8 Å². The van der Waals surface area contributed by atoms with Crippen LogP contribution in [-0.2, 0) is 4.79 Å². The zero-order chi connectivity index (χ0) is 10.1. The Morgan fingerprint density at radius 1 is 1.23 bits per heavy atom. The van der Waals surface area contributed by atoms with Gasteiger partial charge in [0.2, 0.25) is 0 Å². The zero-order valence-electron chi connectivity index (χ0n) is 8.33. The van der Waals surface area contributed by atoms with Crippen molar-refractivity contribution in [1.29, 1.82) is 0 Å². The minimum absolute atomic E-state index is 0.167. The van der Waals surface area contributed by atoms with Crippen molar-refractivity contribution in [3.63, 3.8) is 0 Å². The normalized spacial score (nSPS) is 12.8. The van der Waals surface area contributed by atoms with Crippen molar-refractivity contribution in [2.45, 2.75) is 45.4 Å². The summed E-state index contributed by atoms with van der Waals surface area (Å²) in [6, 6.07) is 0. The van der Waals surface area contributed by atoms with E-state index < -0.39 is 5.97 Å². The van der Waals surface area contributed by atoms with Gasteiger partial charge in [0.1, 0.15) is 0 Å². The molecule has 0 saturated heterocycles. The van der Waals surface area contributed by atoms with Gasteiger partial charge in [0, 0.05) is 6.61 Å². The predicted molar refractivity (Wildman–Crippen MR) is 51.6 cm³/mol. The van der Waals surface area contributed by atoms with Crippen LogP contribution < -0.4 is 0 Å². The Bertz CT molecular complexity index is 134. The lowest BCUT2D eigenvalue weighted by atomic mass is 9.96. The lowest BCUT2D eigenvalue weighted by Gasteiger charge is -2.10. The van der Waals surface area contributed by atoms with Gasteiger partial charge in [0.05, 0.1) is 5.92 Å². The van der Waals surface area contributed by atoms with Crippen molar-refractivity contribution in [3.05, 3.63) is 0 Å². The highest BCUT2D eigenvalue weighted by molar-refractivity contribution is 5.69. The molecule has 13 heavy (non-hydrogen) atoms. The lowest BCUT2D eigenvalue weighted by Crippen LogP contribution is -2.13. The Kier molecular flexibility index (Phi) is 7.69. The number of aliphatic hydroxyl groups is 1. The number of aliphatic hydroxyl groups excluding tert-OH is 1. The minimum atomic E-state index is -0.689. The Hall–Kier alpha value is -0.570. The maximum atomic E-state index is 10.7. The highest BCUT2D eigenvalue weighted by Gasteiger charge is 2.15. The van der Waals surface area contributed by atoms with E-state index in [1.54, 1.807) is 0 Å². The van der Waals surface area contributed by atoms with Gasteiger partial charge in [0.25, 0.3) is 0 Å². The molecule has 1 atom stereocenters. The number of unbranched alkanes of at least 4 members (excludes halogenated alkanes) is 2. The van der Waals surface area contributed by atoms with Gasteiger partial charge >= 0.3 is 5.97 Å². The zero-order valence-corrected chi connectivity index (χ0v) is 8.33. The van der Waals surface area contributed by atoms with Gasteiger partial charge < -0.3 is 10.2 Å². The second-order valence-corrected chi connectivity index (χ2v) is 3.40. The van der Waals surface area contributed by atoms with Crippen molar-refractivity contribution >= 4 is 5.97 Å². The molecule has 0 radical (unpaired) electrons. The average Bonchev–Trinajstić information content (AvgIpc) is 2.10. The highest BCUT2D eigenvalue weighted by atomic mass is 16.4. The van der Waals surface area contributed by atoms with Gasteiger partial charge in [0.15, 0.2) is 0 Å². The van der Waals surface area contributed by atoms with Crippen molar-refractivity contribution in [2.24, 2.45) is 5.92 Å². The standard InChI is InChI=1S/C10H20O3/c1-2-3-6-9(10(12)13)7-4-5-8-11/h9,11H,2-8H2,1H3,(H,12,13). The average molecular weight is 188 g/mol. The smallest absolute Gasteiger partial charge is 0.306 e. The van der Waals surface area contributed by atoms with Crippen molar-refractivity contribution in [2.75, 3.05) is 6.61 Å². The highest BCUT2D eigenvalue weighted by Crippen LogP contribution is 2.15. The molecule has 0 aromatic rings. The van der Waals surface area contributed by atoms with Crippen LogP contribution in [-0.4, -0.2) is 22.8 Å². The molecule has 0 rings (SSSR count). The molecule has 0 heterocycles. The van der Waals surface area contributed by atoms with Gasteiger partial charge in [-0.1, -0.05) is 26.2 Å². The minimum Gasteiger partial charge on any atom is -0.481 e. The van der Waals surface area contributed by atoms with E-state index in [1.165, 1.54) is 0 Å². The molecule has 78 valence electrons. The van der Waals surface area contributed by atoms with Crippen molar-refractivity contribution < 1.29 is 15.0 Å². The van der Waals surface area contributed by atoms with E-state index in [4.69, 9.17) is 10.2 Å². The van der Waals surface area contributed by atoms with Crippen LogP contribution in [0.1, 0.15) is 45.4 Å². The number of carboxylic acids is 1. The van der Waals surface area contributed by atoms with Gasteiger partial charge in [-0.15, -0.1) is 0 Å². The first-order valence-corrected chi connectivity index (χ1v) is 5.06. The summed E-state index contributed by atoms with van der Waals surface area (Å²) in [5.41, 5.74) is 0.